The number of methoxy groups -OCH3 is 3. The Labute approximate surface area is 136 Å². The summed E-state index contributed by atoms with van der Waals surface area (Å²) in [5.74, 6) is 0.308. The highest BCUT2D eigenvalue weighted by Crippen LogP contribution is 2.27. The summed E-state index contributed by atoms with van der Waals surface area (Å²) >= 11 is 0. The number of carbonyl (C=O) groups is 2. The molecule has 0 aliphatic rings. The molecule has 0 fully saturated rings. The average Bonchev–Trinajstić information content (AvgIpc) is 2.58. The SMILES string of the molecule is COC(=O)C(C)CN(C)C(=O)/C=C/c1ccc(OC)c(OC)c1. The summed E-state index contributed by atoms with van der Waals surface area (Å²) < 4.78 is 15.0. The Morgan fingerprint density at radius 2 is 1.83 bits per heavy atom. The van der Waals surface area contributed by atoms with E-state index >= 15 is 0 Å². The topological polar surface area (TPSA) is 65.1 Å². The van der Waals surface area contributed by atoms with Crippen molar-refractivity contribution in [1.82, 2.24) is 4.90 Å². The van der Waals surface area contributed by atoms with Crippen LogP contribution in [-0.2, 0) is 14.3 Å². The first-order valence-corrected chi connectivity index (χ1v) is 7.16. The Morgan fingerprint density at radius 1 is 1.17 bits per heavy atom. The quantitative estimate of drug-likeness (QED) is 0.567. The van der Waals surface area contributed by atoms with Crippen LogP contribution in [-0.4, -0.2) is 51.7 Å². The first-order valence-electron chi connectivity index (χ1n) is 7.16. The molecule has 126 valence electrons. The van der Waals surface area contributed by atoms with Gasteiger partial charge in [-0.3, -0.25) is 9.59 Å². The van der Waals surface area contributed by atoms with Gasteiger partial charge in [0.2, 0.25) is 5.91 Å². The van der Waals surface area contributed by atoms with Crippen LogP contribution in [0.4, 0.5) is 0 Å². The Balaban J connectivity index is 2.72. The summed E-state index contributed by atoms with van der Waals surface area (Å²) in [6.07, 6.45) is 3.13. The smallest absolute Gasteiger partial charge is 0.310 e. The molecule has 0 N–H and O–H groups in total. The first kappa shape index (κ1) is 18.5. The van der Waals surface area contributed by atoms with Gasteiger partial charge in [-0.1, -0.05) is 13.0 Å². The van der Waals surface area contributed by atoms with Crippen molar-refractivity contribution >= 4 is 18.0 Å². The van der Waals surface area contributed by atoms with E-state index in [9.17, 15) is 9.59 Å². The maximum absolute atomic E-state index is 12.1. The van der Waals surface area contributed by atoms with Crippen LogP contribution in [0.3, 0.4) is 0 Å². The maximum Gasteiger partial charge on any atom is 0.310 e. The van der Waals surface area contributed by atoms with Crippen LogP contribution in [0.1, 0.15) is 12.5 Å². The number of ether oxygens (including phenoxy) is 3. The highest BCUT2D eigenvalue weighted by Gasteiger charge is 2.17. The number of esters is 1. The van der Waals surface area contributed by atoms with Crippen molar-refractivity contribution in [3.8, 4) is 11.5 Å². The van der Waals surface area contributed by atoms with Crippen molar-refractivity contribution in [3.63, 3.8) is 0 Å². The number of amides is 1. The summed E-state index contributed by atoms with van der Waals surface area (Å²) in [6, 6.07) is 5.37. The van der Waals surface area contributed by atoms with Gasteiger partial charge in [0, 0.05) is 19.7 Å². The summed E-state index contributed by atoms with van der Waals surface area (Å²) in [5.41, 5.74) is 0.811. The van der Waals surface area contributed by atoms with E-state index in [2.05, 4.69) is 4.74 Å². The molecule has 6 heteroatoms. The Kier molecular flexibility index (Phi) is 7.12. The summed E-state index contributed by atoms with van der Waals surface area (Å²) in [7, 11) is 6.09. The summed E-state index contributed by atoms with van der Waals surface area (Å²) in [5, 5.41) is 0. The molecule has 1 amide bonds. The number of hydrogen-bond donors (Lipinski definition) is 0. The Hall–Kier alpha value is -2.50. The lowest BCUT2D eigenvalue weighted by Gasteiger charge is -2.18. The lowest BCUT2D eigenvalue weighted by atomic mass is 10.1. The van der Waals surface area contributed by atoms with E-state index in [0.29, 0.717) is 18.0 Å². The van der Waals surface area contributed by atoms with Crippen LogP contribution in [0.25, 0.3) is 6.08 Å². The highest BCUT2D eigenvalue weighted by molar-refractivity contribution is 5.92. The van der Waals surface area contributed by atoms with Crippen molar-refractivity contribution in [2.24, 2.45) is 5.92 Å². The fourth-order valence-corrected chi connectivity index (χ4v) is 2.03. The second-order valence-corrected chi connectivity index (χ2v) is 5.09. The molecule has 0 saturated heterocycles. The molecule has 23 heavy (non-hydrogen) atoms. The minimum absolute atomic E-state index is 0.199. The normalized spacial score (nSPS) is 11.9. The second-order valence-electron chi connectivity index (χ2n) is 5.09. The van der Waals surface area contributed by atoms with Gasteiger partial charge in [0.25, 0.3) is 0 Å². The second kappa shape index (κ2) is 8.82. The monoisotopic (exact) mass is 321 g/mol. The van der Waals surface area contributed by atoms with Gasteiger partial charge in [-0.15, -0.1) is 0 Å². The molecule has 0 aliphatic heterocycles. The Morgan fingerprint density at radius 3 is 2.39 bits per heavy atom. The van der Waals surface area contributed by atoms with E-state index < -0.39 is 0 Å². The van der Waals surface area contributed by atoms with Gasteiger partial charge >= 0.3 is 5.97 Å². The molecular formula is C17H23NO5. The molecule has 0 spiro atoms. The molecule has 0 heterocycles. The third kappa shape index (κ3) is 5.32. The fraction of sp³-hybridized carbons (Fsp3) is 0.412. The van der Waals surface area contributed by atoms with E-state index in [1.807, 2.05) is 6.07 Å². The van der Waals surface area contributed by atoms with E-state index in [0.717, 1.165) is 5.56 Å². The predicted octanol–water partition coefficient (Wildman–Crippen LogP) is 1.98. The molecule has 0 aliphatic carbocycles. The number of carbonyl (C=O) groups excluding carboxylic acids is 2. The lowest BCUT2D eigenvalue weighted by molar-refractivity contribution is -0.145. The zero-order chi connectivity index (χ0) is 17.4. The van der Waals surface area contributed by atoms with Gasteiger partial charge in [0.15, 0.2) is 11.5 Å². The summed E-state index contributed by atoms with van der Waals surface area (Å²) in [4.78, 5) is 24.9. The maximum atomic E-state index is 12.1. The minimum atomic E-state index is -0.372. The van der Waals surface area contributed by atoms with Crippen molar-refractivity contribution in [2.75, 3.05) is 34.9 Å². The molecule has 0 bridgehead atoms. The van der Waals surface area contributed by atoms with Crippen molar-refractivity contribution in [3.05, 3.63) is 29.8 Å². The molecule has 1 aromatic carbocycles. The largest absolute Gasteiger partial charge is 0.493 e. The van der Waals surface area contributed by atoms with E-state index in [-0.39, 0.29) is 17.8 Å². The number of benzene rings is 1. The van der Waals surface area contributed by atoms with Crippen LogP contribution in [0.2, 0.25) is 0 Å². The highest BCUT2D eigenvalue weighted by atomic mass is 16.5. The van der Waals surface area contributed by atoms with Crippen LogP contribution in [0, 0.1) is 5.92 Å². The molecule has 1 aromatic rings. The van der Waals surface area contributed by atoms with Crippen molar-refractivity contribution in [1.29, 1.82) is 0 Å². The van der Waals surface area contributed by atoms with Gasteiger partial charge in [0.05, 0.1) is 27.2 Å². The fourth-order valence-electron chi connectivity index (χ4n) is 2.03. The van der Waals surface area contributed by atoms with Gasteiger partial charge in [0.1, 0.15) is 0 Å². The van der Waals surface area contributed by atoms with Gasteiger partial charge < -0.3 is 19.1 Å². The van der Waals surface area contributed by atoms with Gasteiger partial charge in [-0.2, -0.15) is 0 Å². The zero-order valence-electron chi connectivity index (χ0n) is 14.2. The molecule has 6 nitrogen and oxygen atoms in total. The number of nitrogens with zero attached hydrogens (tertiary/aromatic N) is 1. The third-order valence-corrected chi connectivity index (χ3v) is 3.35. The van der Waals surface area contributed by atoms with E-state index in [4.69, 9.17) is 9.47 Å². The molecular weight excluding hydrogens is 298 g/mol. The van der Waals surface area contributed by atoms with E-state index in [1.54, 1.807) is 46.4 Å². The first-order chi connectivity index (χ1) is 10.9. The molecule has 1 rings (SSSR count). The van der Waals surface area contributed by atoms with Crippen LogP contribution < -0.4 is 9.47 Å². The van der Waals surface area contributed by atoms with Crippen LogP contribution >= 0.6 is 0 Å². The minimum Gasteiger partial charge on any atom is -0.493 e. The zero-order valence-corrected chi connectivity index (χ0v) is 14.2. The van der Waals surface area contributed by atoms with Gasteiger partial charge in [-0.25, -0.2) is 0 Å². The molecule has 0 aromatic heterocycles. The Bertz CT molecular complexity index is 582. The predicted molar refractivity (Wildman–Crippen MR) is 87.4 cm³/mol. The van der Waals surface area contributed by atoms with E-state index in [1.165, 1.54) is 18.1 Å². The lowest BCUT2D eigenvalue weighted by Crippen LogP contribution is -2.33. The summed E-state index contributed by atoms with van der Waals surface area (Å²) in [6.45, 7) is 2.01. The third-order valence-electron chi connectivity index (χ3n) is 3.35. The number of rotatable bonds is 7. The number of likely N-dealkylation sites (N-methyl/N-ethyl adjacent to an activating group) is 1. The van der Waals surface area contributed by atoms with Crippen molar-refractivity contribution in [2.45, 2.75) is 6.92 Å². The standard InChI is InChI=1S/C17H23NO5/c1-12(17(20)23-5)11-18(2)16(19)9-7-13-6-8-14(21-3)15(10-13)22-4/h6-10,12H,11H2,1-5H3/b9-7+. The molecule has 1 unspecified atom stereocenters. The molecule has 0 radical (unpaired) electrons. The molecule has 1 atom stereocenters. The van der Waals surface area contributed by atoms with Crippen LogP contribution in [0.5, 0.6) is 11.5 Å². The molecule has 0 saturated carbocycles. The average molecular weight is 321 g/mol. The van der Waals surface area contributed by atoms with Crippen molar-refractivity contribution < 1.29 is 23.8 Å². The number of hydrogen-bond acceptors (Lipinski definition) is 5. The van der Waals surface area contributed by atoms with Crippen LogP contribution in [0.15, 0.2) is 24.3 Å². The van der Waals surface area contributed by atoms with Gasteiger partial charge in [-0.05, 0) is 23.8 Å².